The second-order valence-corrected chi connectivity index (χ2v) is 10.1. The molecule has 0 spiro atoms. The predicted molar refractivity (Wildman–Crippen MR) is 145 cm³/mol. The molecule has 177 valence electrons. The van der Waals surface area contributed by atoms with Gasteiger partial charge >= 0.3 is 0 Å². The van der Waals surface area contributed by atoms with Crippen molar-refractivity contribution in [2.24, 2.45) is 0 Å². The number of pyridine rings is 1. The molecule has 0 amide bonds. The zero-order valence-electron chi connectivity index (χ0n) is 20.5. The topological polar surface area (TPSA) is 17.8 Å². The molecule has 2 nitrogen and oxygen atoms in total. The Kier molecular flexibility index (Phi) is 5.26. The fourth-order valence-electron chi connectivity index (χ4n) is 5.94. The van der Waals surface area contributed by atoms with E-state index >= 15 is 0 Å². The van der Waals surface area contributed by atoms with E-state index in [-0.39, 0.29) is 25.5 Å². The van der Waals surface area contributed by atoms with Crippen molar-refractivity contribution in [2.45, 2.75) is 26.2 Å². The molecule has 0 saturated carbocycles. The first-order chi connectivity index (χ1) is 17.0. The molecule has 6 aromatic rings. The molecule has 2 heterocycles. The summed E-state index contributed by atoms with van der Waals surface area (Å²) in [5, 5.41) is 2.56. The Balaban J connectivity index is 0.00000240. The molecule has 0 fully saturated rings. The van der Waals surface area contributed by atoms with Gasteiger partial charge in [0, 0.05) is 42.5 Å². The van der Waals surface area contributed by atoms with E-state index in [0.717, 1.165) is 22.5 Å². The van der Waals surface area contributed by atoms with Crippen LogP contribution in [0.5, 0.6) is 0 Å². The zero-order valence-corrected chi connectivity index (χ0v) is 22.9. The Morgan fingerprint density at radius 2 is 1.56 bits per heavy atom. The molecule has 0 atom stereocenters. The Labute approximate surface area is 225 Å². The third-order valence-electron chi connectivity index (χ3n) is 7.68. The number of para-hydroxylation sites is 1. The monoisotopic (exact) mass is 642 g/mol. The number of fused-ring (bicyclic) bond motifs is 6. The van der Waals surface area contributed by atoms with Crippen molar-refractivity contribution in [3.8, 4) is 28.1 Å². The van der Waals surface area contributed by atoms with Crippen LogP contribution in [-0.4, -0.2) is 9.55 Å². The minimum atomic E-state index is -0.0396. The van der Waals surface area contributed by atoms with E-state index in [1.165, 1.54) is 44.1 Å². The van der Waals surface area contributed by atoms with Crippen molar-refractivity contribution in [1.82, 2.24) is 9.55 Å². The summed E-state index contributed by atoms with van der Waals surface area (Å²) in [6, 6.07) is 36.3. The molecule has 1 aliphatic rings. The van der Waals surface area contributed by atoms with Crippen molar-refractivity contribution < 1.29 is 20.1 Å². The third-order valence-corrected chi connectivity index (χ3v) is 7.68. The van der Waals surface area contributed by atoms with E-state index in [4.69, 9.17) is 0 Å². The molecule has 0 saturated heterocycles. The molecule has 0 unspecified atom stereocenters. The van der Waals surface area contributed by atoms with Crippen molar-refractivity contribution in [2.75, 3.05) is 0 Å². The zero-order chi connectivity index (χ0) is 23.7. The van der Waals surface area contributed by atoms with Gasteiger partial charge in [0.25, 0.3) is 0 Å². The summed E-state index contributed by atoms with van der Waals surface area (Å²) in [4.78, 5) is 4.64. The van der Waals surface area contributed by atoms with Crippen LogP contribution in [0, 0.1) is 13.0 Å². The van der Waals surface area contributed by atoms with E-state index in [1.54, 1.807) is 0 Å². The molecule has 0 bridgehead atoms. The van der Waals surface area contributed by atoms with E-state index < -0.39 is 0 Å². The number of hydrogen-bond donors (Lipinski definition) is 0. The van der Waals surface area contributed by atoms with Gasteiger partial charge in [0.1, 0.15) is 0 Å². The number of hydrogen-bond acceptors (Lipinski definition) is 1. The van der Waals surface area contributed by atoms with Crippen molar-refractivity contribution >= 4 is 21.8 Å². The summed E-state index contributed by atoms with van der Waals surface area (Å²) in [5.74, 6) is 0. The second kappa shape index (κ2) is 8.27. The van der Waals surface area contributed by atoms with Crippen LogP contribution in [0.4, 0.5) is 0 Å². The molecular weight excluding hydrogens is 617 g/mol. The first-order valence-electron chi connectivity index (χ1n) is 12.2. The van der Waals surface area contributed by atoms with Gasteiger partial charge in [-0.05, 0) is 64.8 Å². The van der Waals surface area contributed by atoms with E-state index in [1.807, 2.05) is 18.3 Å². The van der Waals surface area contributed by atoms with E-state index in [9.17, 15) is 0 Å². The van der Waals surface area contributed by atoms with Gasteiger partial charge in [-0.3, -0.25) is 0 Å². The molecule has 36 heavy (non-hydrogen) atoms. The van der Waals surface area contributed by atoms with Gasteiger partial charge < -0.3 is 9.55 Å². The van der Waals surface area contributed by atoms with E-state index in [2.05, 4.69) is 115 Å². The quantitative estimate of drug-likeness (QED) is 0.174. The Morgan fingerprint density at radius 3 is 2.42 bits per heavy atom. The maximum atomic E-state index is 4.64. The maximum Gasteiger partial charge on any atom is 0.0527 e. The first kappa shape index (κ1) is 22.9. The summed E-state index contributed by atoms with van der Waals surface area (Å²) >= 11 is 0. The smallest absolute Gasteiger partial charge is 0.0527 e. The standard InChI is InChI=1S/C33H25N2.Ir/c1-21-10-9-17-34-32(21)22-11-8-12-23(18-22)35-30-16-7-5-14-25(30)27-19-26-24-13-4-6-15-28(24)33(2,3)29(26)20-31(27)35;/h4-10,12-20H,1-3H3;/q-1;. The Bertz CT molecular complexity index is 1790. The molecule has 7 rings (SSSR count). The molecule has 1 radical (unpaired) electrons. The number of rotatable bonds is 2. The van der Waals surface area contributed by atoms with Crippen LogP contribution < -0.4 is 0 Å². The fraction of sp³-hybridized carbons (Fsp3) is 0.121. The van der Waals surface area contributed by atoms with Gasteiger partial charge in [-0.1, -0.05) is 67.9 Å². The van der Waals surface area contributed by atoms with Gasteiger partial charge in [0.15, 0.2) is 0 Å². The van der Waals surface area contributed by atoms with E-state index in [0.29, 0.717) is 0 Å². The summed E-state index contributed by atoms with van der Waals surface area (Å²) in [5.41, 5.74) is 12.2. The predicted octanol–water partition coefficient (Wildman–Crippen LogP) is 8.26. The number of benzene rings is 4. The van der Waals surface area contributed by atoms with Gasteiger partial charge in [-0.2, -0.15) is 0 Å². The minimum absolute atomic E-state index is 0. The molecule has 2 aromatic heterocycles. The SMILES string of the molecule is Cc1cccnc1-c1[c-]ccc(-n2c3ccccc3c3cc4c(cc32)C(C)(C)c2ccccc2-4)c1.[Ir]. The van der Waals surface area contributed by atoms with Gasteiger partial charge in [-0.15, -0.1) is 29.8 Å². The summed E-state index contributed by atoms with van der Waals surface area (Å²) in [6.45, 7) is 6.79. The molecular formula is C33H25IrN2-. The third kappa shape index (κ3) is 3.17. The van der Waals surface area contributed by atoms with Crippen LogP contribution in [0.2, 0.25) is 0 Å². The average molecular weight is 642 g/mol. The van der Waals surface area contributed by atoms with Gasteiger partial charge in [-0.25, -0.2) is 0 Å². The van der Waals surface area contributed by atoms with Crippen LogP contribution >= 0.6 is 0 Å². The Hall–Kier alpha value is -3.52. The average Bonchev–Trinajstić information content (AvgIpc) is 3.32. The molecule has 0 N–H and O–H groups in total. The number of nitrogens with zero attached hydrogens (tertiary/aromatic N) is 2. The van der Waals surface area contributed by atoms with Crippen LogP contribution in [-0.2, 0) is 25.5 Å². The molecule has 0 aliphatic heterocycles. The number of aryl methyl sites for hydroxylation is 1. The minimum Gasteiger partial charge on any atom is -0.327 e. The largest absolute Gasteiger partial charge is 0.327 e. The first-order valence-corrected chi connectivity index (χ1v) is 12.2. The van der Waals surface area contributed by atoms with Crippen molar-refractivity contribution in [1.29, 1.82) is 0 Å². The normalized spacial score (nSPS) is 13.4. The Morgan fingerprint density at radius 1 is 0.750 bits per heavy atom. The fourth-order valence-corrected chi connectivity index (χ4v) is 5.94. The van der Waals surface area contributed by atoms with Crippen LogP contribution in [0.15, 0.2) is 97.2 Å². The van der Waals surface area contributed by atoms with Crippen LogP contribution in [0.3, 0.4) is 0 Å². The molecule has 4 aromatic carbocycles. The maximum absolute atomic E-state index is 4.64. The summed E-state index contributed by atoms with van der Waals surface area (Å²) in [7, 11) is 0. The van der Waals surface area contributed by atoms with Gasteiger partial charge in [0.2, 0.25) is 0 Å². The van der Waals surface area contributed by atoms with Crippen molar-refractivity contribution in [3.63, 3.8) is 0 Å². The molecule has 3 heteroatoms. The second-order valence-electron chi connectivity index (χ2n) is 10.1. The summed E-state index contributed by atoms with van der Waals surface area (Å²) in [6.07, 6.45) is 1.85. The van der Waals surface area contributed by atoms with Crippen molar-refractivity contribution in [3.05, 3.63) is 120 Å². The van der Waals surface area contributed by atoms with Gasteiger partial charge in [0.05, 0.1) is 11.0 Å². The summed E-state index contributed by atoms with van der Waals surface area (Å²) < 4.78 is 2.40. The molecule has 1 aliphatic carbocycles. The number of aromatic nitrogens is 2. The van der Waals surface area contributed by atoms with Crippen LogP contribution in [0.1, 0.15) is 30.5 Å². The van der Waals surface area contributed by atoms with Crippen LogP contribution in [0.25, 0.3) is 49.9 Å².